The summed E-state index contributed by atoms with van der Waals surface area (Å²) >= 11 is 0. The Kier molecular flexibility index (Phi) is 2.67. The number of nitrogens with zero attached hydrogens (tertiary/aromatic N) is 1. The molecule has 2 fully saturated rings. The van der Waals surface area contributed by atoms with Gasteiger partial charge in [-0.2, -0.15) is 0 Å². The molecule has 78 valence electrons. The first-order valence-electron chi connectivity index (χ1n) is 4.42. The topological polar surface area (TPSA) is 74.1 Å². The van der Waals surface area contributed by atoms with Crippen molar-refractivity contribution in [1.29, 1.82) is 0 Å². The molecule has 6 nitrogen and oxygen atoms in total. The molecule has 0 aliphatic carbocycles. The van der Waals surface area contributed by atoms with Gasteiger partial charge in [0.05, 0.1) is 13.2 Å². The summed E-state index contributed by atoms with van der Waals surface area (Å²) in [6.07, 6.45) is 1.50. The van der Waals surface area contributed by atoms with Crippen molar-refractivity contribution in [3.8, 4) is 0 Å². The Morgan fingerprint density at radius 3 is 3.21 bits per heavy atom. The quantitative estimate of drug-likeness (QED) is 0.181. The molecule has 0 aromatic heterocycles. The lowest BCUT2D eigenvalue weighted by atomic mass is 10.7. The van der Waals surface area contributed by atoms with Gasteiger partial charge in [0.2, 0.25) is 0 Å². The third-order valence-electron chi connectivity index (χ3n) is 1.95. The molecule has 2 aliphatic heterocycles. The minimum atomic E-state index is -0.0817. The lowest BCUT2D eigenvalue weighted by molar-refractivity contribution is -0.113. The second-order valence-corrected chi connectivity index (χ2v) is 3.02. The molecule has 1 unspecified atom stereocenters. The highest BCUT2D eigenvalue weighted by atomic mass is 16.6. The van der Waals surface area contributed by atoms with Gasteiger partial charge in [-0.1, -0.05) is 0 Å². The molecule has 0 bridgehead atoms. The fraction of sp³-hybridized carbons (Fsp3) is 0.625. The van der Waals surface area contributed by atoms with Crippen molar-refractivity contribution in [2.24, 2.45) is 0 Å². The van der Waals surface area contributed by atoms with E-state index in [1.165, 1.54) is 11.2 Å². The molecule has 2 N–H and O–H groups in total. The van der Waals surface area contributed by atoms with E-state index in [4.69, 9.17) is 14.6 Å². The molecule has 2 saturated heterocycles. The third-order valence-corrected chi connectivity index (χ3v) is 1.95. The van der Waals surface area contributed by atoms with E-state index in [1.54, 1.807) is 0 Å². The highest BCUT2D eigenvalue weighted by Gasteiger charge is 2.39. The summed E-state index contributed by atoms with van der Waals surface area (Å²) in [7, 11) is 0. The van der Waals surface area contributed by atoms with Gasteiger partial charge >= 0.3 is 0 Å². The molecule has 0 radical (unpaired) electrons. The number of hydrogen-bond donors (Lipinski definition) is 2. The molecule has 0 aromatic carbocycles. The van der Waals surface area contributed by atoms with E-state index in [0.717, 1.165) is 6.61 Å². The molecular formula is C8H12N2O4. The second-order valence-electron chi connectivity index (χ2n) is 3.02. The van der Waals surface area contributed by atoms with E-state index in [2.05, 4.69) is 5.32 Å². The number of carbonyl (C=O) groups is 1. The number of ether oxygens (including phenoxy) is 2. The van der Waals surface area contributed by atoms with Crippen LogP contribution in [0.15, 0.2) is 12.0 Å². The van der Waals surface area contributed by atoms with E-state index >= 15 is 0 Å². The fourth-order valence-corrected chi connectivity index (χ4v) is 1.06. The van der Waals surface area contributed by atoms with E-state index in [-0.39, 0.29) is 18.7 Å². The van der Waals surface area contributed by atoms with Crippen molar-refractivity contribution in [3.05, 3.63) is 12.0 Å². The Balaban J connectivity index is 1.63. The Labute approximate surface area is 81.1 Å². The smallest absolute Gasteiger partial charge is 0.278 e. The zero-order valence-corrected chi connectivity index (χ0v) is 7.60. The Hall–Kier alpha value is -1.11. The van der Waals surface area contributed by atoms with Crippen LogP contribution in [0.2, 0.25) is 0 Å². The molecule has 0 aromatic rings. The van der Waals surface area contributed by atoms with Crippen LogP contribution in [0, 0.1) is 0 Å². The lowest BCUT2D eigenvalue weighted by Crippen LogP contribution is -2.19. The van der Waals surface area contributed by atoms with Crippen LogP contribution in [0.1, 0.15) is 0 Å². The number of aliphatic hydroxyl groups is 1. The number of nitrogens with one attached hydrogen (secondary N) is 1. The van der Waals surface area contributed by atoms with Crippen molar-refractivity contribution in [1.82, 2.24) is 10.2 Å². The van der Waals surface area contributed by atoms with Crippen LogP contribution in [-0.4, -0.2) is 48.6 Å². The third kappa shape index (κ3) is 2.22. The second kappa shape index (κ2) is 3.95. The van der Waals surface area contributed by atoms with Crippen LogP contribution in [-0.2, 0) is 14.3 Å². The van der Waals surface area contributed by atoms with Crippen molar-refractivity contribution in [3.63, 3.8) is 0 Å². The molecule has 1 atom stereocenters. The molecule has 0 spiro atoms. The minimum absolute atomic E-state index is 0.0305. The lowest BCUT2D eigenvalue weighted by Gasteiger charge is -1.98. The monoisotopic (exact) mass is 200 g/mol. The highest BCUT2D eigenvalue weighted by Crippen LogP contribution is 2.23. The number of hydrogen-bond acceptors (Lipinski definition) is 5. The number of carbonyl (C=O) groups excluding carboxylic acids is 1. The van der Waals surface area contributed by atoms with Gasteiger partial charge in [0, 0.05) is 6.54 Å². The molecule has 14 heavy (non-hydrogen) atoms. The van der Waals surface area contributed by atoms with Crippen LogP contribution < -0.4 is 5.32 Å². The molecule has 0 saturated carbocycles. The summed E-state index contributed by atoms with van der Waals surface area (Å²) in [6.45, 7) is 1.36. The van der Waals surface area contributed by atoms with Gasteiger partial charge in [0.1, 0.15) is 24.9 Å². The van der Waals surface area contributed by atoms with Crippen LogP contribution in [0.25, 0.3) is 0 Å². The van der Waals surface area contributed by atoms with Gasteiger partial charge in [0.25, 0.3) is 5.91 Å². The van der Waals surface area contributed by atoms with Crippen molar-refractivity contribution < 1.29 is 19.4 Å². The van der Waals surface area contributed by atoms with Crippen molar-refractivity contribution >= 4 is 5.91 Å². The number of aliphatic hydroxyl groups excluding tert-OH is 1. The number of amides is 1. The SMILES string of the molecule is O=C1C(=COCNC2CO2)N1CCO. The Morgan fingerprint density at radius 1 is 1.79 bits per heavy atom. The number of epoxide rings is 1. The van der Waals surface area contributed by atoms with Gasteiger partial charge in [-0.05, 0) is 0 Å². The summed E-state index contributed by atoms with van der Waals surface area (Å²) in [5.41, 5.74) is 0.512. The standard InChI is InChI=1S/C8H12N2O4/c11-2-1-10-6(8(10)12)3-13-5-9-7-4-14-7/h3,7,9,11H,1-2,4-5H2. The van der Waals surface area contributed by atoms with Gasteiger partial charge < -0.3 is 14.6 Å². The largest absolute Gasteiger partial charge is 0.484 e. The predicted molar refractivity (Wildman–Crippen MR) is 45.7 cm³/mol. The first-order valence-corrected chi connectivity index (χ1v) is 4.42. The zero-order chi connectivity index (χ0) is 9.97. The van der Waals surface area contributed by atoms with Gasteiger partial charge in [-0.15, -0.1) is 0 Å². The van der Waals surface area contributed by atoms with E-state index in [0.29, 0.717) is 19.0 Å². The van der Waals surface area contributed by atoms with E-state index in [9.17, 15) is 4.79 Å². The van der Waals surface area contributed by atoms with Crippen molar-refractivity contribution in [2.75, 3.05) is 26.5 Å². The minimum Gasteiger partial charge on any atom is -0.484 e. The average Bonchev–Trinajstić information content (AvgIpc) is 3.05. The molecule has 6 heteroatoms. The Morgan fingerprint density at radius 2 is 2.57 bits per heavy atom. The predicted octanol–water partition coefficient (Wildman–Crippen LogP) is -1.42. The summed E-state index contributed by atoms with van der Waals surface area (Å²) < 4.78 is 9.95. The van der Waals surface area contributed by atoms with Crippen molar-refractivity contribution in [2.45, 2.75) is 6.23 Å². The van der Waals surface area contributed by atoms with Crippen LogP contribution in [0.3, 0.4) is 0 Å². The fourth-order valence-electron chi connectivity index (χ4n) is 1.06. The van der Waals surface area contributed by atoms with Crippen LogP contribution in [0.4, 0.5) is 0 Å². The molecule has 2 rings (SSSR count). The molecule has 2 aliphatic rings. The van der Waals surface area contributed by atoms with E-state index in [1.807, 2.05) is 0 Å². The first-order chi connectivity index (χ1) is 6.83. The maximum absolute atomic E-state index is 11.0. The number of rotatable bonds is 6. The maximum Gasteiger partial charge on any atom is 0.278 e. The normalized spacial score (nSPS) is 26.9. The van der Waals surface area contributed by atoms with Crippen LogP contribution >= 0.6 is 0 Å². The van der Waals surface area contributed by atoms with Gasteiger partial charge in [-0.25, -0.2) is 0 Å². The highest BCUT2D eigenvalue weighted by molar-refractivity contribution is 6.09. The molecule has 2 heterocycles. The molecular weight excluding hydrogens is 188 g/mol. The van der Waals surface area contributed by atoms with Crippen LogP contribution in [0.5, 0.6) is 0 Å². The zero-order valence-electron chi connectivity index (χ0n) is 7.60. The van der Waals surface area contributed by atoms with E-state index < -0.39 is 0 Å². The summed E-state index contributed by atoms with van der Waals surface area (Å²) in [5, 5.41) is 11.5. The van der Waals surface area contributed by atoms with Gasteiger partial charge in [0.15, 0.2) is 0 Å². The average molecular weight is 200 g/mol. The number of β-amino-alcohol motifs (C(OH)–C–C–N with tert-alkyl or cyclic N) is 1. The summed E-state index contributed by atoms with van der Waals surface area (Å²) in [5.74, 6) is -0.0817. The maximum atomic E-state index is 11.0. The summed E-state index contributed by atoms with van der Waals surface area (Å²) in [6, 6.07) is 0. The summed E-state index contributed by atoms with van der Waals surface area (Å²) in [4.78, 5) is 12.4. The Bertz CT molecular complexity index is 262. The first kappa shape index (κ1) is 9.45. The molecule has 1 amide bonds. The van der Waals surface area contributed by atoms with Gasteiger partial charge in [-0.3, -0.25) is 15.0 Å².